The lowest BCUT2D eigenvalue weighted by atomic mass is 9.92. The number of aryl methyl sites for hydroxylation is 1. The summed E-state index contributed by atoms with van der Waals surface area (Å²) in [6.07, 6.45) is 1.87. The van der Waals surface area contributed by atoms with Crippen molar-refractivity contribution in [1.82, 2.24) is 9.88 Å². The number of nitrogens with one attached hydrogen (secondary N) is 1. The van der Waals surface area contributed by atoms with Gasteiger partial charge < -0.3 is 10.2 Å². The second kappa shape index (κ2) is 9.30. The monoisotopic (exact) mass is 431 g/mol. The van der Waals surface area contributed by atoms with Gasteiger partial charge in [-0.1, -0.05) is 12.1 Å². The van der Waals surface area contributed by atoms with Crippen molar-refractivity contribution in [2.75, 3.05) is 18.4 Å². The molecule has 0 spiro atoms. The molecule has 1 atom stereocenters. The molecule has 164 valence electrons. The minimum atomic E-state index is -0.258. The minimum absolute atomic E-state index is 0.0181. The summed E-state index contributed by atoms with van der Waals surface area (Å²) in [6, 6.07) is 17.5. The molecule has 4 rings (SSSR count). The predicted octanol–water partition coefficient (Wildman–Crippen LogP) is 5.17. The number of carbonyl (C=O) groups is 2. The summed E-state index contributed by atoms with van der Waals surface area (Å²) in [5.41, 5.74) is 5.08. The molecule has 1 aliphatic heterocycles. The molecule has 3 aromatic rings. The Kier molecular flexibility index (Phi) is 6.30. The summed E-state index contributed by atoms with van der Waals surface area (Å²) < 4.78 is 13.3. The number of aromatic nitrogens is 1. The maximum Gasteiger partial charge on any atom is 0.253 e. The minimum Gasteiger partial charge on any atom is -0.338 e. The molecule has 0 radical (unpaired) electrons. The Morgan fingerprint density at radius 3 is 2.44 bits per heavy atom. The van der Waals surface area contributed by atoms with Crippen molar-refractivity contribution in [3.05, 3.63) is 83.4 Å². The summed E-state index contributed by atoms with van der Waals surface area (Å²) >= 11 is 0. The van der Waals surface area contributed by atoms with Crippen LogP contribution < -0.4 is 5.32 Å². The number of anilines is 1. The molecule has 0 saturated carbocycles. The van der Waals surface area contributed by atoms with Crippen molar-refractivity contribution >= 4 is 17.5 Å². The molecule has 0 unspecified atom stereocenters. The van der Waals surface area contributed by atoms with Gasteiger partial charge in [0.25, 0.3) is 5.91 Å². The van der Waals surface area contributed by atoms with Gasteiger partial charge >= 0.3 is 0 Å². The van der Waals surface area contributed by atoms with Gasteiger partial charge in [0.2, 0.25) is 5.91 Å². The Balaban J connectivity index is 1.52. The lowest BCUT2D eigenvalue weighted by molar-refractivity contribution is -0.114. The van der Waals surface area contributed by atoms with Crippen LogP contribution in [-0.4, -0.2) is 34.8 Å². The summed E-state index contributed by atoms with van der Waals surface area (Å²) in [5, 5.41) is 2.71. The fourth-order valence-electron chi connectivity index (χ4n) is 4.20. The fraction of sp³-hybridized carbons (Fsp3) is 0.269. The Labute approximate surface area is 187 Å². The van der Waals surface area contributed by atoms with Crippen LogP contribution in [0.5, 0.6) is 0 Å². The van der Waals surface area contributed by atoms with E-state index in [1.165, 1.54) is 19.1 Å². The van der Waals surface area contributed by atoms with Crippen LogP contribution in [0.1, 0.15) is 47.4 Å². The number of piperidine rings is 1. The van der Waals surface area contributed by atoms with Crippen molar-refractivity contribution in [2.45, 2.75) is 32.6 Å². The fourth-order valence-corrected chi connectivity index (χ4v) is 4.20. The Morgan fingerprint density at radius 1 is 1.03 bits per heavy atom. The first-order chi connectivity index (χ1) is 15.4. The van der Waals surface area contributed by atoms with E-state index in [0.717, 1.165) is 35.4 Å². The molecule has 32 heavy (non-hydrogen) atoms. The van der Waals surface area contributed by atoms with Crippen LogP contribution in [0.3, 0.4) is 0 Å². The number of hydrogen-bond donors (Lipinski definition) is 1. The Morgan fingerprint density at radius 2 is 1.75 bits per heavy atom. The molecule has 5 nitrogen and oxygen atoms in total. The van der Waals surface area contributed by atoms with Crippen molar-refractivity contribution in [3.63, 3.8) is 0 Å². The van der Waals surface area contributed by atoms with E-state index in [9.17, 15) is 14.0 Å². The van der Waals surface area contributed by atoms with Gasteiger partial charge in [-0.25, -0.2) is 4.39 Å². The van der Waals surface area contributed by atoms with Gasteiger partial charge in [0.05, 0.1) is 0 Å². The second-order valence-corrected chi connectivity index (χ2v) is 8.28. The third-order valence-corrected chi connectivity index (χ3v) is 5.73. The van der Waals surface area contributed by atoms with E-state index in [0.29, 0.717) is 24.3 Å². The molecule has 1 N–H and O–H groups in total. The summed E-state index contributed by atoms with van der Waals surface area (Å²) in [4.78, 5) is 30.9. The molecule has 1 fully saturated rings. The van der Waals surface area contributed by atoms with E-state index in [1.54, 1.807) is 36.4 Å². The standard InChI is InChI=1S/C26H26FN3O2/c1-17-14-22(19-5-9-23(27)10-6-19)15-25(28-17)21-4-3-13-30(16-21)26(32)20-7-11-24(12-8-20)29-18(2)31/h5-12,14-15,21H,3-4,13,16H2,1-2H3,(H,29,31)/t21-/m1/s1. The van der Waals surface area contributed by atoms with Gasteiger partial charge in [0.15, 0.2) is 0 Å². The van der Waals surface area contributed by atoms with Crippen molar-refractivity contribution in [3.8, 4) is 11.1 Å². The first-order valence-electron chi connectivity index (χ1n) is 10.8. The molecule has 2 aromatic carbocycles. The van der Waals surface area contributed by atoms with E-state index < -0.39 is 0 Å². The number of hydrogen-bond acceptors (Lipinski definition) is 3. The molecule has 1 aliphatic rings. The van der Waals surface area contributed by atoms with Gasteiger partial charge in [-0.3, -0.25) is 14.6 Å². The van der Waals surface area contributed by atoms with E-state index in [2.05, 4.69) is 11.4 Å². The lowest BCUT2D eigenvalue weighted by Gasteiger charge is -2.33. The van der Waals surface area contributed by atoms with Gasteiger partial charge in [-0.05, 0) is 79.4 Å². The zero-order valence-electron chi connectivity index (χ0n) is 18.3. The molecule has 1 saturated heterocycles. The normalized spacial score (nSPS) is 16.0. The van der Waals surface area contributed by atoms with E-state index in [-0.39, 0.29) is 23.5 Å². The molecule has 6 heteroatoms. The van der Waals surface area contributed by atoms with E-state index in [1.807, 2.05) is 17.9 Å². The SMILES string of the molecule is CC(=O)Nc1ccc(C(=O)N2CCC[C@@H](c3cc(-c4ccc(F)cc4)cc(C)n3)C2)cc1. The molecule has 1 aromatic heterocycles. The second-order valence-electron chi connectivity index (χ2n) is 8.28. The number of likely N-dealkylation sites (tertiary alicyclic amines) is 1. The average molecular weight is 432 g/mol. The quantitative estimate of drug-likeness (QED) is 0.620. The van der Waals surface area contributed by atoms with Gasteiger partial charge in [-0.2, -0.15) is 0 Å². The average Bonchev–Trinajstić information content (AvgIpc) is 2.79. The third kappa shape index (κ3) is 5.02. The van der Waals surface area contributed by atoms with Crippen LogP contribution >= 0.6 is 0 Å². The zero-order valence-corrected chi connectivity index (χ0v) is 18.3. The van der Waals surface area contributed by atoms with Crippen LogP contribution in [0.25, 0.3) is 11.1 Å². The zero-order chi connectivity index (χ0) is 22.7. The maximum atomic E-state index is 13.3. The van der Waals surface area contributed by atoms with Crippen molar-refractivity contribution in [1.29, 1.82) is 0 Å². The number of nitrogens with zero attached hydrogens (tertiary/aromatic N) is 2. The largest absolute Gasteiger partial charge is 0.338 e. The third-order valence-electron chi connectivity index (χ3n) is 5.73. The molecule has 0 aliphatic carbocycles. The summed E-state index contributed by atoms with van der Waals surface area (Å²) in [5.74, 6) is -0.277. The predicted molar refractivity (Wildman–Crippen MR) is 123 cm³/mol. The van der Waals surface area contributed by atoms with Crippen LogP contribution in [0.15, 0.2) is 60.7 Å². The smallest absolute Gasteiger partial charge is 0.253 e. The first-order valence-corrected chi connectivity index (χ1v) is 10.8. The number of pyridine rings is 1. The highest BCUT2D eigenvalue weighted by Gasteiger charge is 2.26. The number of rotatable bonds is 4. The number of halogens is 1. The first kappa shape index (κ1) is 21.7. The number of carbonyl (C=O) groups excluding carboxylic acids is 2. The topological polar surface area (TPSA) is 62.3 Å². The highest BCUT2D eigenvalue weighted by Crippen LogP contribution is 2.30. The van der Waals surface area contributed by atoms with Gasteiger partial charge in [0.1, 0.15) is 5.82 Å². The Bertz CT molecular complexity index is 1130. The van der Waals surface area contributed by atoms with E-state index in [4.69, 9.17) is 4.98 Å². The Hall–Kier alpha value is -3.54. The summed E-state index contributed by atoms with van der Waals surface area (Å²) in [6.45, 7) is 4.72. The summed E-state index contributed by atoms with van der Waals surface area (Å²) in [7, 11) is 0. The highest BCUT2D eigenvalue weighted by molar-refractivity contribution is 5.95. The van der Waals surface area contributed by atoms with Crippen LogP contribution in [0.4, 0.5) is 10.1 Å². The van der Waals surface area contributed by atoms with Crippen LogP contribution in [0, 0.1) is 12.7 Å². The van der Waals surface area contributed by atoms with Crippen molar-refractivity contribution in [2.24, 2.45) is 0 Å². The molecular weight excluding hydrogens is 405 g/mol. The number of benzene rings is 2. The highest BCUT2D eigenvalue weighted by atomic mass is 19.1. The maximum absolute atomic E-state index is 13.3. The molecule has 0 bridgehead atoms. The lowest BCUT2D eigenvalue weighted by Crippen LogP contribution is -2.39. The van der Waals surface area contributed by atoms with Crippen LogP contribution in [0.2, 0.25) is 0 Å². The molecule has 2 amide bonds. The number of amides is 2. The van der Waals surface area contributed by atoms with Gasteiger partial charge in [0, 0.05) is 48.6 Å². The van der Waals surface area contributed by atoms with Crippen LogP contribution in [-0.2, 0) is 4.79 Å². The molecular formula is C26H26FN3O2. The molecule has 2 heterocycles. The van der Waals surface area contributed by atoms with Gasteiger partial charge in [-0.15, -0.1) is 0 Å². The van der Waals surface area contributed by atoms with E-state index >= 15 is 0 Å². The van der Waals surface area contributed by atoms with Crippen molar-refractivity contribution < 1.29 is 14.0 Å².